The summed E-state index contributed by atoms with van der Waals surface area (Å²) in [5.41, 5.74) is 0.874. The van der Waals surface area contributed by atoms with Crippen LogP contribution >= 0.6 is 0 Å². The monoisotopic (exact) mass is 440 g/mol. The van der Waals surface area contributed by atoms with Gasteiger partial charge in [-0.05, 0) is 36.0 Å². The molecular formula is C25H32N2O5. The van der Waals surface area contributed by atoms with Crippen molar-refractivity contribution in [2.45, 2.75) is 58.2 Å². The number of amides is 2. The number of carbonyl (C=O) groups excluding carboxylic acids is 3. The van der Waals surface area contributed by atoms with E-state index in [-0.39, 0.29) is 35.2 Å². The fourth-order valence-corrected chi connectivity index (χ4v) is 4.13. The second kappa shape index (κ2) is 10.1. The molecule has 2 unspecified atom stereocenters. The highest BCUT2D eigenvalue weighted by Crippen LogP contribution is 2.46. The third kappa shape index (κ3) is 5.46. The first-order valence-corrected chi connectivity index (χ1v) is 11.1. The molecule has 2 amide bonds. The second-order valence-electron chi connectivity index (χ2n) is 9.22. The molecule has 1 aliphatic carbocycles. The van der Waals surface area contributed by atoms with Crippen LogP contribution in [-0.4, -0.2) is 40.9 Å². The molecule has 0 aliphatic heterocycles. The molecule has 5 atom stereocenters. The molecule has 1 aromatic heterocycles. The first-order valence-electron chi connectivity index (χ1n) is 11.1. The van der Waals surface area contributed by atoms with Crippen LogP contribution in [-0.2, 0) is 9.59 Å². The number of furan rings is 1. The molecule has 1 aromatic carbocycles. The van der Waals surface area contributed by atoms with Crippen molar-refractivity contribution >= 4 is 17.6 Å². The smallest absolute Gasteiger partial charge is 0.287 e. The van der Waals surface area contributed by atoms with Crippen LogP contribution in [0.25, 0.3) is 0 Å². The summed E-state index contributed by atoms with van der Waals surface area (Å²) in [6.07, 6.45) is 0.804. The van der Waals surface area contributed by atoms with Crippen LogP contribution in [0.1, 0.15) is 56.2 Å². The number of hydrogen-bond donors (Lipinski definition) is 3. The Morgan fingerprint density at radius 1 is 1.03 bits per heavy atom. The molecule has 3 rings (SSSR count). The van der Waals surface area contributed by atoms with Crippen molar-refractivity contribution in [3.05, 3.63) is 60.1 Å². The third-order valence-corrected chi connectivity index (χ3v) is 5.88. The van der Waals surface area contributed by atoms with Gasteiger partial charge in [-0.3, -0.25) is 14.4 Å². The molecule has 32 heavy (non-hydrogen) atoms. The van der Waals surface area contributed by atoms with Crippen LogP contribution in [0.15, 0.2) is 53.1 Å². The van der Waals surface area contributed by atoms with E-state index in [0.29, 0.717) is 6.42 Å². The minimum atomic E-state index is -1.02. The van der Waals surface area contributed by atoms with Crippen LogP contribution in [0.5, 0.6) is 0 Å². The number of nitrogens with one attached hydrogen (secondary N) is 2. The normalized spacial score (nSPS) is 20.7. The third-order valence-electron chi connectivity index (χ3n) is 5.88. The molecular weight excluding hydrogens is 408 g/mol. The lowest BCUT2D eigenvalue weighted by Crippen LogP contribution is -2.55. The van der Waals surface area contributed by atoms with E-state index in [0.717, 1.165) is 5.56 Å². The van der Waals surface area contributed by atoms with Gasteiger partial charge >= 0.3 is 0 Å². The Bertz CT molecular complexity index is 923. The lowest BCUT2D eigenvalue weighted by molar-refractivity contribution is -0.126. The van der Waals surface area contributed by atoms with E-state index in [2.05, 4.69) is 10.6 Å². The van der Waals surface area contributed by atoms with Gasteiger partial charge in [-0.25, -0.2) is 0 Å². The number of Topliss-reactive ketones (excluding diaryl/α,β-unsaturated/α-hetero) is 1. The summed E-state index contributed by atoms with van der Waals surface area (Å²) in [4.78, 5) is 38.1. The van der Waals surface area contributed by atoms with Crippen LogP contribution in [0.4, 0.5) is 0 Å². The van der Waals surface area contributed by atoms with E-state index in [4.69, 9.17) is 4.42 Å². The molecule has 0 spiro atoms. The van der Waals surface area contributed by atoms with Crippen LogP contribution in [0.2, 0.25) is 0 Å². The maximum Gasteiger partial charge on any atom is 0.287 e. The van der Waals surface area contributed by atoms with Gasteiger partial charge in [-0.1, -0.05) is 58.0 Å². The first-order chi connectivity index (χ1) is 15.2. The molecule has 1 saturated carbocycles. The maximum atomic E-state index is 13.1. The predicted octanol–water partition coefficient (Wildman–Crippen LogP) is 2.91. The Morgan fingerprint density at radius 2 is 1.72 bits per heavy atom. The highest BCUT2D eigenvalue weighted by molar-refractivity contribution is 6.05. The molecule has 3 N–H and O–H groups in total. The largest absolute Gasteiger partial charge is 0.459 e. The van der Waals surface area contributed by atoms with E-state index in [1.807, 2.05) is 58.0 Å². The van der Waals surface area contributed by atoms with Crippen molar-refractivity contribution < 1.29 is 23.9 Å². The van der Waals surface area contributed by atoms with Crippen LogP contribution in [0.3, 0.4) is 0 Å². The van der Waals surface area contributed by atoms with Crippen LogP contribution in [0, 0.1) is 17.8 Å². The SMILES string of the molecule is CC(C)C[C@H](NC(=O)c1ccco1)C(=O)N[C@@H](C(C)C)[C@@H](O)C1C(=O)C1c1ccccc1. The molecule has 172 valence electrons. The second-order valence-corrected chi connectivity index (χ2v) is 9.22. The van der Waals surface area contributed by atoms with E-state index in [9.17, 15) is 19.5 Å². The maximum absolute atomic E-state index is 13.1. The lowest BCUT2D eigenvalue weighted by Gasteiger charge is -2.30. The number of carbonyl (C=O) groups is 3. The van der Waals surface area contributed by atoms with Crippen molar-refractivity contribution in [3.8, 4) is 0 Å². The summed E-state index contributed by atoms with van der Waals surface area (Å²) in [6.45, 7) is 7.69. The Morgan fingerprint density at radius 3 is 2.28 bits per heavy atom. The highest BCUT2D eigenvalue weighted by Gasteiger charge is 2.56. The average Bonchev–Trinajstić information content (AvgIpc) is 3.13. The number of benzene rings is 1. The van der Waals surface area contributed by atoms with Gasteiger partial charge in [0, 0.05) is 0 Å². The van der Waals surface area contributed by atoms with Crippen molar-refractivity contribution in [1.82, 2.24) is 10.6 Å². The van der Waals surface area contributed by atoms with E-state index in [1.165, 1.54) is 12.3 Å². The number of rotatable bonds is 10. The lowest BCUT2D eigenvalue weighted by atomic mass is 9.92. The van der Waals surface area contributed by atoms with Gasteiger partial charge in [0.25, 0.3) is 5.91 Å². The van der Waals surface area contributed by atoms with Gasteiger partial charge in [0.2, 0.25) is 5.91 Å². The minimum Gasteiger partial charge on any atom is -0.459 e. The number of aliphatic hydroxyl groups is 1. The molecule has 0 radical (unpaired) electrons. The van der Waals surface area contributed by atoms with Gasteiger partial charge in [-0.15, -0.1) is 0 Å². The van der Waals surface area contributed by atoms with Crippen LogP contribution < -0.4 is 10.6 Å². The number of aliphatic hydroxyl groups excluding tert-OH is 1. The van der Waals surface area contributed by atoms with E-state index >= 15 is 0 Å². The zero-order chi connectivity index (χ0) is 23.4. The molecule has 7 nitrogen and oxygen atoms in total. The molecule has 2 aromatic rings. The first kappa shape index (κ1) is 23.7. The summed E-state index contributed by atoms with van der Waals surface area (Å²) < 4.78 is 5.12. The fraction of sp³-hybridized carbons (Fsp3) is 0.480. The Balaban J connectivity index is 1.70. The molecule has 0 bridgehead atoms. The highest BCUT2D eigenvalue weighted by atomic mass is 16.3. The van der Waals surface area contributed by atoms with Gasteiger partial charge in [0.15, 0.2) is 5.76 Å². The van der Waals surface area contributed by atoms with Gasteiger partial charge in [0.1, 0.15) is 11.8 Å². The fourth-order valence-electron chi connectivity index (χ4n) is 4.13. The van der Waals surface area contributed by atoms with Gasteiger partial charge in [-0.2, -0.15) is 0 Å². The minimum absolute atomic E-state index is 0.0200. The number of hydrogen-bond acceptors (Lipinski definition) is 5. The van der Waals surface area contributed by atoms with Crippen molar-refractivity contribution in [2.24, 2.45) is 17.8 Å². The topological polar surface area (TPSA) is 109 Å². The zero-order valence-corrected chi connectivity index (χ0v) is 18.9. The summed E-state index contributed by atoms with van der Waals surface area (Å²) in [5.74, 6) is -1.62. The Kier molecular flexibility index (Phi) is 7.51. The molecule has 1 aliphatic rings. The zero-order valence-electron chi connectivity index (χ0n) is 18.9. The predicted molar refractivity (Wildman–Crippen MR) is 120 cm³/mol. The van der Waals surface area contributed by atoms with E-state index in [1.54, 1.807) is 6.07 Å². The standard InChI is InChI=1S/C25H32N2O5/c1-14(2)13-17(26-25(31)18-11-8-12-32-18)24(30)27-21(15(3)4)23(29)20-19(22(20)28)16-9-6-5-7-10-16/h5-12,14-15,17,19-21,23,29H,13H2,1-4H3,(H,26,31)(H,27,30)/t17-,19?,20?,21-,23-/m0/s1. The van der Waals surface area contributed by atoms with Crippen molar-refractivity contribution in [2.75, 3.05) is 0 Å². The van der Waals surface area contributed by atoms with Crippen molar-refractivity contribution in [3.63, 3.8) is 0 Å². The summed E-state index contributed by atoms with van der Waals surface area (Å²) in [5, 5.41) is 16.7. The van der Waals surface area contributed by atoms with Crippen molar-refractivity contribution in [1.29, 1.82) is 0 Å². The molecule has 1 fully saturated rings. The van der Waals surface area contributed by atoms with Gasteiger partial charge < -0.3 is 20.2 Å². The summed E-state index contributed by atoms with van der Waals surface area (Å²) in [6, 6.07) is 11.1. The summed E-state index contributed by atoms with van der Waals surface area (Å²) >= 11 is 0. The average molecular weight is 441 g/mol. The summed E-state index contributed by atoms with van der Waals surface area (Å²) in [7, 11) is 0. The van der Waals surface area contributed by atoms with E-state index < -0.39 is 30.0 Å². The van der Waals surface area contributed by atoms with Gasteiger partial charge in [0.05, 0.1) is 30.2 Å². The Labute approximate surface area is 188 Å². The quantitative estimate of drug-likeness (QED) is 0.526. The Hall–Kier alpha value is -2.93. The number of ketones is 1. The molecule has 0 saturated heterocycles. The molecule has 1 heterocycles. The molecule has 7 heteroatoms.